The summed E-state index contributed by atoms with van der Waals surface area (Å²) in [5, 5.41) is 11.9. The van der Waals surface area contributed by atoms with Gasteiger partial charge in [-0.25, -0.2) is 0 Å². The summed E-state index contributed by atoms with van der Waals surface area (Å²) in [6.45, 7) is 5.26. The van der Waals surface area contributed by atoms with Gasteiger partial charge in [-0.05, 0) is 30.0 Å². The van der Waals surface area contributed by atoms with E-state index in [0.717, 1.165) is 12.5 Å². The Bertz CT molecular complexity index is 519. The molecule has 0 heterocycles. The summed E-state index contributed by atoms with van der Waals surface area (Å²) >= 11 is 0. The first-order valence-electron chi connectivity index (χ1n) is 6.54. The van der Waals surface area contributed by atoms with Gasteiger partial charge in [-0.15, -0.1) is 0 Å². The zero-order chi connectivity index (χ0) is 16.1. The first-order chi connectivity index (χ1) is 9.69. The second-order valence-corrected chi connectivity index (χ2v) is 5.63. The number of ether oxygens (including phenoxy) is 1. The molecule has 116 valence electrons. The van der Waals surface area contributed by atoms with E-state index in [9.17, 15) is 13.2 Å². The standard InChI is InChI=1S/C15H19F3N2O/c1-14(2,6-7-21-3)10-20-12-4-5-13(15(16,17)18)11(8-12)9-19/h4-5,8,20H,6-7,10H2,1-3H3. The van der Waals surface area contributed by atoms with E-state index in [4.69, 9.17) is 10.00 Å². The Labute approximate surface area is 122 Å². The fourth-order valence-electron chi connectivity index (χ4n) is 1.80. The van der Waals surface area contributed by atoms with Crippen LogP contribution in [-0.4, -0.2) is 20.3 Å². The molecule has 1 aromatic rings. The molecule has 1 aromatic carbocycles. The monoisotopic (exact) mass is 300 g/mol. The average molecular weight is 300 g/mol. The molecule has 21 heavy (non-hydrogen) atoms. The van der Waals surface area contributed by atoms with Crippen molar-refractivity contribution in [3.05, 3.63) is 29.3 Å². The van der Waals surface area contributed by atoms with Crippen molar-refractivity contribution in [2.45, 2.75) is 26.4 Å². The van der Waals surface area contributed by atoms with Crippen LogP contribution in [0.3, 0.4) is 0 Å². The number of halogens is 3. The van der Waals surface area contributed by atoms with Crippen molar-refractivity contribution in [3.8, 4) is 6.07 Å². The summed E-state index contributed by atoms with van der Waals surface area (Å²) < 4.78 is 43.1. The smallest absolute Gasteiger partial charge is 0.385 e. The quantitative estimate of drug-likeness (QED) is 0.862. The van der Waals surface area contributed by atoms with Gasteiger partial charge in [0, 0.05) is 25.9 Å². The van der Waals surface area contributed by atoms with Crippen LogP contribution in [-0.2, 0) is 10.9 Å². The molecule has 0 fully saturated rings. The maximum absolute atomic E-state index is 12.7. The molecule has 0 aliphatic carbocycles. The van der Waals surface area contributed by atoms with Crippen LogP contribution in [0.1, 0.15) is 31.4 Å². The molecule has 1 N–H and O–H groups in total. The molecule has 0 unspecified atom stereocenters. The average Bonchev–Trinajstić information content (AvgIpc) is 2.41. The van der Waals surface area contributed by atoms with Gasteiger partial charge < -0.3 is 10.1 Å². The Morgan fingerprint density at radius 2 is 1.95 bits per heavy atom. The number of hydrogen-bond donors (Lipinski definition) is 1. The summed E-state index contributed by atoms with van der Waals surface area (Å²) in [5.74, 6) is 0. The lowest BCUT2D eigenvalue weighted by atomic mass is 9.89. The summed E-state index contributed by atoms with van der Waals surface area (Å²) in [5.41, 5.74) is -0.840. The largest absolute Gasteiger partial charge is 0.417 e. The van der Waals surface area contributed by atoms with Crippen LogP contribution < -0.4 is 5.32 Å². The van der Waals surface area contributed by atoms with Crippen molar-refractivity contribution < 1.29 is 17.9 Å². The van der Waals surface area contributed by atoms with E-state index in [1.165, 1.54) is 12.1 Å². The normalized spacial score (nSPS) is 12.0. The van der Waals surface area contributed by atoms with E-state index in [-0.39, 0.29) is 11.0 Å². The van der Waals surface area contributed by atoms with Crippen LogP contribution in [0.4, 0.5) is 18.9 Å². The van der Waals surface area contributed by atoms with Crippen molar-refractivity contribution in [1.29, 1.82) is 5.26 Å². The number of benzene rings is 1. The summed E-state index contributed by atoms with van der Waals surface area (Å²) in [4.78, 5) is 0. The molecule has 0 saturated heterocycles. The molecule has 6 heteroatoms. The highest BCUT2D eigenvalue weighted by Gasteiger charge is 2.33. The van der Waals surface area contributed by atoms with Crippen molar-refractivity contribution in [3.63, 3.8) is 0 Å². The van der Waals surface area contributed by atoms with Crippen LogP contribution >= 0.6 is 0 Å². The van der Waals surface area contributed by atoms with Gasteiger partial charge in [0.25, 0.3) is 0 Å². The highest BCUT2D eigenvalue weighted by Crippen LogP contribution is 2.33. The van der Waals surface area contributed by atoms with Crippen molar-refractivity contribution >= 4 is 5.69 Å². The second-order valence-electron chi connectivity index (χ2n) is 5.63. The number of anilines is 1. The predicted octanol–water partition coefficient (Wildman–Crippen LogP) is 4.05. The lowest BCUT2D eigenvalue weighted by Crippen LogP contribution is -2.24. The fourth-order valence-corrected chi connectivity index (χ4v) is 1.80. The molecule has 0 aliphatic rings. The van der Waals surface area contributed by atoms with Gasteiger partial charge in [-0.3, -0.25) is 0 Å². The minimum Gasteiger partial charge on any atom is -0.385 e. The van der Waals surface area contributed by atoms with Gasteiger partial charge in [-0.2, -0.15) is 18.4 Å². The molecular formula is C15H19F3N2O. The van der Waals surface area contributed by atoms with Gasteiger partial charge in [0.1, 0.15) is 0 Å². The number of nitrogens with one attached hydrogen (secondary N) is 1. The van der Waals surface area contributed by atoms with E-state index in [1.54, 1.807) is 13.2 Å². The Kier molecular flexibility index (Phi) is 5.62. The van der Waals surface area contributed by atoms with E-state index < -0.39 is 11.7 Å². The Morgan fingerprint density at radius 3 is 2.48 bits per heavy atom. The van der Waals surface area contributed by atoms with Gasteiger partial charge >= 0.3 is 6.18 Å². The molecular weight excluding hydrogens is 281 g/mol. The molecule has 0 radical (unpaired) electrons. The second kappa shape index (κ2) is 6.81. The van der Waals surface area contributed by atoms with E-state index in [1.807, 2.05) is 13.8 Å². The Morgan fingerprint density at radius 1 is 1.29 bits per heavy atom. The fraction of sp³-hybridized carbons (Fsp3) is 0.533. The number of rotatable bonds is 6. The lowest BCUT2D eigenvalue weighted by molar-refractivity contribution is -0.137. The summed E-state index contributed by atoms with van der Waals surface area (Å²) in [6, 6.07) is 5.10. The molecule has 0 atom stereocenters. The van der Waals surface area contributed by atoms with Crippen LogP contribution in [0.2, 0.25) is 0 Å². The zero-order valence-corrected chi connectivity index (χ0v) is 12.3. The van der Waals surface area contributed by atoms with Crippen LogP contribution in [0.5, 0.6) is 0 Å². The predicted molar refractivity (Wildman–Crippen MR) is 74.9 cm³/mol. The molecule has 1 rings (SSSR count). The minimum atomic E-state index is -4.51. The van der Waals surface area contributed by atoms with Gasteiger partial charge in [0.15, 0.2) is 0 Å². The van der Waals surface area contributed by atoms with E-state index in [2.05, 4.69) is 5.32 Å². The topological polar surface area (TPSA) is 45.0 Å². The molecule has 0 aliphatic heterocycles. The minimum absolute atomic E-state index is 0.0640. The van der Waals surface area contributed by atoms with E-state index in [0.29, 0.717) is 18.8 Å². The molecule has 0 aromatic heterocycles. The molecule has 0 saturated carbocycles. The SMILES string of the molecule is COCCC(C)(C)CNc1ccc(C(F)(F)F)c(C#N)c1. The molecule has 0 bridgehead atoms. The van der Waals surface area contributed by atoms with Crippen LogP contribution in [0.15, 0.2) is 18.2 Å². The Balaban J connectivity index is 2.81. The summed E-state index contributed by atoms with van der Waals surface area (Å²) in [6.07, 6.45) is -3.69. The number of methoxy groups -OCH3 is 1. The van der Waals surface area contributed by atoms with Crippen molar-refractivity contribution in [2.24, 2.45) is 5.41 Å². The van der Waals surface area contributed by atoms with Gasteiger partial charge in [-0.1, -0.05) is 13.8 Å². The third-order valence-corrected chi connectivity index (χ3v) is 3.20. The first kappa shape index (κ1) is 17.3. The van der Waals surface area contributed by atoms with Crippen LogP contribution in [0.25, 0.3) is 0 Å². The third-order valence-electron chi connectivity index (χ3n) is 3.20. The Hall–Kier alpha value is -1.74. The third kappa shape index (κ3) is 5.27. The number of nitriles is 1. The molecule has 0 spiro atoms. The van der Waals surface area contributed by atoms with Crippen molar-refractivity contribution in [2.75, 3.05) is 25.6 Å². The first-order valence-corrected chi connectivity index (χ1v) is 6.54. The lowest BCUT2D eigenvalue weighted by Gasteiger charge is -2.25. The number of alkyl halides is 3. The van der Waals surface area contributed by atoms with E-state index >= 15 is 0 Å². The van der Waals surface area contributed by atoms with Crippen molar-refractivity contribution in [1.82, 2.24) is 0 Å². The highest BCUT2D eigenvalue weighted by molar-refractivity contribution is 5.53. The van der Waals surface area contributed by atoms with Gasteiger partial charge in [0.05, 0.1) is 17.2 Å². The maximum atomic E-state index is 12.7. The summed E-state index contributed by atoms with van der Waals surface area (Å²) in [7, 11) is 1.62. The number of hydrogen-bond acceptors (Lipinski definition) is 3. The molecule has 3 nitrogen and oxygen atoms in total. The van der Waals surface area contributed by atoms with Crippen LogP contribution in [0, 0.1) is 16.7 Å². The zero-order valence-electron chi connectivity index (χ0n) is 12.3. The van der Waals surface area contributed by atoms with Gasteiger partial charge in [0.2, 0.25) is 0 Å². The highest BCUT2D eigenvalue weighted by atomic mass is 19.4. The molecule has 0 amide bonds. The maximum Gasteiger partial charge on any atom is 0.417 e. The number of nitrogens with zero attached hydrogens (tertiary/aromatic N) is 1.